The van der Waals surface area contributed by atoms with Gasteiger partial charge < -0.3 is 14.2 Å². The van der Waals surface area contributed by atoms with Gasteiger partial charge in [0.05, 0.1) is 7.11 Å². The van der Waals surface area contributed by atoms with Crippen LogP contribution in [0.25, 0.3) is 20.5 Å². The molecule has 0 unspecified atom stereocenters. The van der Waals surface area contributed by atoms with E-state index >= 15 is 0 Å². The third-order valence-electron chi connectivity index (χ3n) is 9.80. The maximum absolute atomic E-state index is 14.2. The number of thiophene rings is 1. The minimum Gasteiger partial charge on any atom is -0.497 e. The smallest absolute Gasteiger partial charge is 0.195 e. The molecular weight excluding hydrogens is 580 g/mol. The number of methoxy groups -OCH3 is 1. The summed E-state index contributed by atoms with van der Waals surface area (Å²) in [4.78, 5) is 20.3. The highest BCUT2D eigenvalue weighted by atomic mass is 32.1. The predicted molar refractivity (Wildman–Crippen MR) is 182 cm³/mol. The van der Waals surface area contributed by atoms with Gasteiger partial charge in [-0.05, 0) is 143 Å². The number of hydrogen-bond acceptors (Lipinski definition) is 7. The Labute approximate surface area is 270 Å². The molecule has 0 amide bonds. The van der Waals surface area contributed by atoms with Crippen molar-refractivity contribution in [1.29, 1.82) is 0 Å². The fraction of sp³-hybridized carbons (Fsp3) is 0.447. The van der Waals surface area contributed by atoms with Gasteiger partial charge in [0.15, 0.2) is 5.78 Å². The van der Waals surface area contributed by atoms with Crippen molar-refractivity contribution in [3.05, 3.63) is 77.9 Å². The second-order valence-corrected chi connectivity index (χ2v) is 13.7. The first-order chi connectivity index (χ1) is 22.2. The molecule has 0 bridgehead atoms. The lowest BCUT2D eigenvalue weighted by atomic mass is 9.91. The number of benzene rings is 3. The van der Waals surface area contributed by atoms with E-state index in [0.29, 0.717) is 18.2 Å². The third-order valence-corrected chi connectivity index (χ3v) is 11.0. The number of likely N-dealkylation sites (tertiary alicyclic amines) is 2. The Morgan fingerprint density at radius 3 is 2.24 bits per heavy atom. The molecule has 45 heavy (non-hydrogen) atoms. The number of nitrogens with zero attached hydrogens (tertiary/aromatic N) is 2. The first-order valence-electron chi connectivity index (χ1n) is 16.8. The Kier molecular flexibility index (Phi) is 9.38. The molecule has 0 spiro atoms. The zero-order chi connectivity index (χ0) is 30.6. The largest absolute Gasteiger partial charge is 0.497 e. The van der Waals surface area contributed by atoms with Crippen LogP contribution in [0, 0.1) is 0 Å². The second kappa shape index (κ2) is 13.9. The summed E-state index contributed by atoms with van der Waals surface area (Å²) in [5, 5.41) is 0.947. The Bertz CT molecular complexity index is 1590. The Morgan fingerprint density at radius 2 is 1.49 bits per heavy atom. The third kappa shape index (κ3) is 6.76. The SMILES string of the molecule is COc1ccc2c(C(=O)c3ccc(O[C@@H]4CCCC[C@H]4N4CCCC4)cc3)c(-c3ccc(OCCN4CCCC4)cc3)sc2c1. The highest BCUT2D eigenvalue weighted by Gasteiger charge is 2.33. The van der Waals surface area contributed by atoms with Crippen LogP contribution in [0.2, 0.25) is 0 Å². The number of carbonyl (C=O) groups is 1. The van der Waals surface area contributed by atoms with Crippen LogP contribution in [-0.4, -0.2) is 74.2 Å². The molecule has 7 rings (SSSR count). The summed E-state index contributed by atoms with van der Waals surface area (Å²) in [6.45, 7) is 6.37. The van der Waals surface area contributed by atoms with E-state index in [-0.39, 0.29) is 11.9 Å². The topological polar surface area (TPSA) is 51.2 Å². The fourth-order valence-corrected chi connectivity index (χ4v) is 8.58. The number of ketones is 1. The van der Waals surface area contributed by atoms with E-state index in [1.807, 2.05) is 54.6 Å². The van der Waals surface area contributed by atoms with E-state index < -0.39 is 0 Å². The predicted octanol–water partition coefficient (Wildman–Crippen LogP) is 8.07. The van der Waals surface area contributed by atoms with Gasteiger partial charge in [0.25, 0.3) is 0 Å². The molecular formula is C38H44N2O4S. The monoisotopic (exact) mass is 624 g/mol. The lowest BCUT2D eigenvalue weighted by Gasteiger charge is -2.37. The summed E-state index contributed by atoms with van der Waals surface area (Å²) in [6.07, 6.45) is 10.2. The van der Waals surface area contributed by atoms with Crippen molar-refractivity contribution in [3.8, 4) is 27.7 Å². The molecule has 3 fully saturated rings. The van der Waals surface area contributed by atoms with Crippen LogP contribution >= 0.6 is 11.3 Å². The van der Waals surface area contributed by atoms with E-state index in [9.17, 15) is 4.79 Å². The molecule has 6 nitrogen and oxygen atoms in total. The van der Waals surface area contributed by atoms with Crippen LogP contribution in [0.5, 0.6) is 17.2 Å². The van der Waals surface area contributed by atoms with Crippen molar-refractivity contribution in [3.63, 3.8) is 0 Å². The zero-order valence-electron chi connectivity index (χ0n) is 26.3. The van der Waals surface area contributed by atoms with E-state index in [4.69, 9.17) is 14.2 Å². The fourth-order valence-electron chi connectivity index (χ4n) is 7.34. The standard InChI is InChI=1S/C38H44N2O4S/c1-42-31-18-19-32-35(26-31)45-38(28-12-14-29(15-13-28)43-25-24-39-20-4-5-21-39)36(32)37(41)27-10-16-30(17-11-27)44-34-9-3-2-8-33(34)40-22-6-7-23-40/h10-19,26,33-34H,2-9,20-25H2,1H3/t33-,34-/m1/s1. The van der Waals surface area contributed by atoms with Crippen LogP contribution in [0.15, 0.2) is 66.7 Å². The molecule has 3 aromatic carbocycles. The summed E-state index contributed by atoms with van der Waals surface area (Å²) in [7, 11) is 1.68. The van der Waals surface area contributed by atoms with E-state index in [1.165, 1.54) is 71.1 Å². The number of ether oxygens (including phenoxy) is 3. The average Bonchev–Trinajstić information content (AvgIpc) is 3.87. The number of hydrogen-bond donors (Lipinski definition) is 0. The molecule has 1 aliphatic carbocycles. The van der Waals surface area contributed by atoms with Crippen LogP contribution in [0.1, 0.15) is 67.3 Å². The Hall–Kier alpha value is -3.39. The molecule has 2 aliphatic heterocycles. The summed E-state index contributed by atoms with van der Waals surface area (Å²) < 4.78 is 19.2. The van der Waals surface area contributed by atoms with Crippen molar-refractivity contribution in [1.82, 2.24) is 9.80 Å². The molecule has 2 saturated heterocycles. The Balaban J connectivity index is 1.11. The molecule has 2 atom stereocenters. The van der Waals surface area contributed by atoms with Gasteiger partial charge in [-0.2, -0.15) is 0 Å². The second-order valence-electron chi connectivity index (χ2n) is 12.7. The first kappa shape index (κ1) is 30.3. The van der Waals surface area contributed by atoms with Crippen molar-refractivity contribution in [2.75, 3.05) is 46.4 Å². The summed E-state index contributed by atoms with van der Waals surface area (Å²) in [5.74, 6) is 2.51. The van der Waals surface area contributed by atoms with Crippen LogP contribution in [-0.2, 0) is 0 Å². The van der Waals surface area contributed by atoms with Crippen LogP contribution < -0.4 is 14.2 Å². The minimum atomic E-state index is 0.0199. The maximum Gasteiger partial charge on any atom is 0.195 e. The molecule has 1 aromatic heterocycles. The summed E-state index contributed by atoms with van der Waals surface area (Å²) in [6, 6.07) is 22.5. The van der Waals surface area contributed by atoms with Gasteiger partial charge in [-0.15, -0.1) is 11.3 Å². The molecule has 0 radical (unpaired) electrons. The van der Waals surface area contributed by atoms with E-state index in [1.54, 1.807) is 18.4 Å². The van der Waals surface area contributed by atoms with Gasteiger partial charge in [0.1, 0.15) is 30.0 Å². The highest BCUT2D eigenvalue weighted by Crippen LogP contribution is 2.42. The number of rotatable bonds is 11. The van der Waals surface area contributed by atoms with Crippen LogP contribution in [0.4, 0.5) is 0 Å². The molecule has 3 heterocycles. The maximum atomic E-state index is 14.2. The van der Waals surface area contributed by atoms with E-state index in [0.717, 1.165) is 56.3 Å². The summed E-state index contributed by atoms with van der Waals surface area (Å²) >= 11 is 1.63. The quantitative estimate of drug-likeness (QED) is 0.157. The van der Waals surface area contributed by atoms with Gasteiger partial charge in [0, 0.05) is 38.7 Å². The number of fused-ring (bicyclic) bond motifs is 1. The van der Waals surface area contributed by atoms with E-state index in [2.05, 4.69) is 21.9 Å². The lowest BCUT2D eigenvalue weighted by Crippen LogP contribution is -2.46. The van der Waals surface area contributed by atoms with Crippen LogP contribution in [0.3, 0.4) is 0 Å². The Morgan fingerprint density at radius 1 is 0.800 bits per heavy atom. The first-order valence-corrected chi connectivity index (χ1v) is 17.6. The van der Waals surface area contributed by atoms with Gasteiger partial charge in [-0.3, -0.25) is 14.6 Å². The molecule has 0 N–H and O–H groups in total. The average molecular weight is 625 g/mol. The molecule has 4 aromatic rings. The molecule has 7 heteroatoms. The van der Waals surface area contributed by atoms with Gasteiger partial charge in [0.2, 0.25) is 0 Å². The van der Waals surface area contributed by atoms with Crippen molar-refractivity contribution in [2.24, 2.45) is 0 Å². The van der Waals surface area contributed by atoms with Crippen molar-refractivity contribution >= 4 is 27.2 Å². The van der Waals surface area contributed by atoms with Crippen molar-refractivity contribution < 1.29 is 19.0 Å². The minimum absolute atomic E-state index is 0.0199. The zero-order valence-corrected chi connectivity index (χ0v) is 27.2. The van der Waals surface area contributed by atoms with Gasteiger partial charge in [-0.25, -0.2) is 0 Å². The van der Waals surface area contributed by atoms with Gasteiger partial charge >= 0.3 is 0 Å². The molecule has 3 aliphatic rings. The molecule has 1 saturated carbocycles. The highest BCUT2D eigenvalue weighted by molar-refractivity contribution is 7.22. The lowest BCUT2D eigenvalue weighted by molar-refractivity contribution is 0.0485. The normalized spacial score (nSPS) is 20.9. The summed E-state index contributed by atoms with van der Waals surface area (Å²) in [5.41, 5.74) is 2.41. The number of carbonyl (C=O) groups excluding carboxylic acids is 1. The molecule has 236 valence electrons. The van der Waals surface area contributed by atoms with Gasteiger partial charge in [-0.1, -0.05) is 6.42 Å². The van der Waals surface area contributed by atoms with Crippen molar-refractivity contribution in [2.45, 2.75) is 63.5 Å².